The zero-order valence-electron chi connectivity index (χ0n) is 27.9. The van der Waals surface area contributed by atoms with Gasteiger partial charge in [0.05, 0.1) is 31.3 Å². The Morgan fingerprint density at radius 3 is 1.52 bits per heavy atom. The largest absolute Gasteiger partial charge is 0.394 e. The molecule has 0 bridgehead atoms. The third-order valence-electron chi connectivity index (χ3n) is 8.23. The minimum absolute atomic E-state index is 0.00302. The van der Waals surface area contributed by atoms with Crippen LogP contribution in [-0.4, -0.2) is 46.1 Å². The van der Waals surface area contributed by atoms with E-state index in [4.69, 9.17) is 0 Å². The summed E-state index contributed by atoms with van der Waals surface area (Å²) in [7, 11) is 0. The van der Waals surface area contributed by atoms with Crippen LogP contribution in [0.5, 0.6) is 0 Å². The number of aliphatic hydroxyl groups is 3. The summed E-state index contributed by atoms with van der Waals surface area (Å²) < 4.78 is 0. The van der Waals surface area contributed by atoms with Gasteiger partial charge in [-0.05, 0) is 38.5 Å². The lowest BCUT2D eigenvalue weighted by atomic mass is 10.0. The van der Waals surface area contributed by atoms with Crippen LogP contribution in [0.1, 0.15) is 181 Å². The quantitative estimate of drug-likeness (QED) is 0.0462. The number of unbranched alkanes of at least 4 members (excludes halogenated alkanes) is 21. The Labute approximate surface area is 261 Å². The minimum Gasteiger partial charge on any atom is -0.394 e. The van der Waals surface area contributed by atoms with Crippen molar-refractivity contribution >= 4 is 5.91 Å². The maximum Gasteiger partial charge on any atom is 0.222 e. The summed E-state index contributed by atoms with van der Waals surface area (Å²) in [6, 6.07) is -0.744. The molecule has 0 saturated heterocycles. The van der Waals surface area contributed by atoms with Crippen LogP contribution in [0.15, 0.2) is 24.3 Å². The van der Waals surface area contributed by atoms with E-state index in [-0.39, 0.29) is 18.9 Å². The molecule has 0 aromatic heterocycles. The number of hydrogen-bond acceptors (Lipinski definition) is 4. The standard InChI is InChI=1S/C37H71NO4/c1-3-5-7-9-11-13-14-15-16-17-18-19-20-21-23-25-27-29-31-36(41)35(33-39)38-37(42)32-34(40)30-28-26-24-22-12-10-8-6-4-2/h10,12,29,31,34-36,39-41H,3-9,11,13-28,30,32-33H2,1-2H3,(H,38,42)/b12-10-,31-29+. The van der Waals surface area contributed by atoms with Gasteiger partial charge >= 0.3 is 0 Å². The average molecular weight is 594 g/mol. The Morgan fingerprint density at radius 1 is 0.595 bits per heavy atom. The molecule has 0 aromatic carbocycles. The zero-order valence-corrected chi connectivity index (χ0v) is 27.9. The van der Waals surface area contributed by atoms with Crippen molar-refractivity contribution in [3.05, 3.63) is 24.3 Å². The maximum atomic E-state index is 12.3. The third-order valence-corrected chi connectivity index (χ3v) is 8.23. The van der Waals surface area contributed by atoms with Crippen LogP contribution in [-0.2, 0) is 4.79 Å². The molecule has 0 rings (SSSR count). The van der Waals surface area contributed by atoms with Gasteiger partial charge in [0, 0.05) is 0 Å². The van der Waals surface area contributed by atoms with Gasteiger partial charge in [0.15, 0.2) is 0 Å². The molecule has 0 heterocycles. The summed E-state index contributed by atoms with van der Waals surface area (Å²) in [5, 5.41) is 32.9. The van der Waals surface area contributed by atoms with E-state index < -0.39 is 18.2 Å². The molecule has 0 aromatic rings. The molecule has 3 atom stereocenters. The van der Waals surface area contributed by atoms with E-state index in [1.54, 1.807) is 6.08 Å². The SMILES string of the molecule is CCCC/C=C\CCCCCC(O)CC(=O)NC(CO)C(O)/C=C/CCCCCCCCCCCCCCCCCC. The number of aliphatic hydroxyl groups excluding tert-OH is 3. The highest BCUT2D eigenvalue weighted by Gasteiger charge is 2.20. The van der Waals surface area contributed by atoms with Crippen LogP contribution in [0.4, 0.5) is 0 Å². The van der Waals surface area contributed by atoms with Gasteiger partial charge in [-0.15, -0.1) is 0 Å². The molecule has 5 heteroatoms. The van der Waals surface area contributed by atoms with E-state index >= 15 is 0 Å². The highest BCUT2D eigenvalue weighted by molar-refractivity contribution is 5.76. The predicted molar refractivity (Wildman–Crippen MR) is 181 cm³/mol. The van der Waals surface area contributed by atoms with Crippen LogP contribution < -0.4 is 5.32 Å². The lowest BCUT2D eigenvalue weighted by Crippen LogP contribution is -2.45. The first-order chi connectivity index (χ1) is 20.5. The van der Waals surface area contributed by atoms with Crippen LogP contribution in [0.2, 0.25) is 0 Å². The van der Waals surface area contributed by atoms with Crippen molar-refractivity contribution in [2.24, 2.45) is 0 Å². The molecular formula is C37H71NO4. The lowest BCUT2D eigenvalue weighted by molar-refractivity contribution is -0.124. The number of carbonyl (C=O) groups is 1. The van der Waals surface area contributed by atoms with E-state index in [1.807, 2.05) is 6.08 Å². The van der Waals surface area contributed by atoms with Gasteiger partial charge in [-0.2, -0.15) is 0 Å². The molecule has 4 N–H and O–H groups in total. The smallest absolute Gasteiger partial charge is 0.222 e. The second-order valence-electron chi connectivity index (χ2n) is 12.5. The number of hydrogen-bond donors (Lipinski definition) is 4. The molecule has 0 aliphatic carbocycles. The number of carbonyl (C=O) groups excluding carboxylic acids is 1. The van der Waals surface area contributed by atoms with Crippen LogP contribution in [0, 0.1) is 0 Å². The van der Waals surface area contributed by atoms with E-state index in [9.17, 15) is 20.1 Å². The van der Waals surface area contributed by atoms with Gasteiger partial charge in [-0.25, -0.2) is 0 Å². The normalized spacial score (nSPS) is 14.1. The average Bonchev–Trinajstić information content (AvgIpc) is 2.98. The van der Waals surface area contributed by atoms with E-state index in [0.29, 0.717) is 6.42 Å². The van der Waals surface area contributed by atoms with Gasteiger partial charge in [0.25, 0.3) is 0 Å². The zero-order chi connectivity index (χ0) is 30.9. The molecule has 0 fully saturated rings. The molecule has 1 amide bonds. The fraction of sp³-hybridized carbons (Fsp3) is 0.865. The molecule has 0 radical (unpaired) electrons. The summed E-state index contributed by atoms with van der Waals surface area (Å²) in [5.74, 6) is -0.328. The summed E-state index contributed by atoms with van der Waals surface area (Å²) in [6.07, 6.45) is 37.4. The van der Waals surface area contributed by atoms with Gasteiger partial charge < -0.3 is 20.6 Å². The van der Waals surface area contributed by atoms with Crippen molar-refractivity contribution in [1.82, 2.24) is 5.32 Å². The number of nitrogens with one attached hydrogen (secondary N) is 1. The van der Waals surface area contributed by atoms with Gasteiger partial charge in [0.1, 0.15) is 0 Å². The first kappa shape index (κ1) is 40.8. The molecule has 3 unspecified atom stereocenters. The Balaban J connectivity index is 3.72. The number of rotatable bonds is 32. The van der Waals surface area contributed by atoms with Crippen molar-refractivity contribution in [2.45, 2.75) is 199 Å². The van der Waals surface area contributed by atoms with Crippen molar-refractivity contribution < 1.29 is 20.1 Å². The summed E-state index contributed by atoms with van der Waals surface area (Å²) in [4.78, 5) is 12.3. The second-order valence-corrected chi connectivity index (χ2v) is 12.5. The number of allylic oxidation sites excluding steroid dienone is 3. The first-order valence-electron chi connectivity index (χ1n) is 18.1. The highest BCUT2D eigenvalue weighted by atomic mass is 16.3. The fourth-order valence-electron chi connectivity index (χ4n) is 5.38. The summed E-state index contributed by atoms with van der Waals surface area (Å²) in [5.41, 5.74) is 0. The van der Waals surface area contributed by atoms with Crippen molar-refractivity contribution in [1.29, 1.82) is 0 Å². The lowest BCUT2D eigenvalue weighted by Gasteiger charge is -2.21. The fourth-order valence-corrected chi connectivity index (χ4v) is 5.38. The Morgan fingerprint density at radius 2 is 1.02 bits per heavy atom. The third kappa shape index (κ3) is 28.9. The Hall–Kier alpha value is -1.17. The maximum absolute atomic E-state index is 12.3. The van der Waals surface area contributed by atoms with Crippen molar-refractivity contribution in [2.75, 3.05) is 6.61 Å². The molecular weight excluding hydrogens is 522 g/mol. The topological polar surface area (TPSA) is 89.8 Å². The summed E-state index contributed by atoms with van der Waals surface area (Å²) >= 11 is 0. The van der Waals surface area contributed by atoms with Crippen molar-refractivity contribution in [3.63, 3.8) is 0 Å². The Kier molecular flexibility index (Phi) is 31.8. The molecule has 5 nitrogen and oxygen atoms in total. The molecule has 0 aliphatic heterocycles. The van der Waals surface area contributed by atoms with Gasteiger partial charge in [-0.3, -0.25) is 4.79 Å². The minimum atomic E-state index is -0.928. The van der Waals surface area contributed by atoms with Crippen LogP contribution in [0.25, 0.3) is 0 Å². The predicted octanol–water partition coefficient (Wildman–Crippen LogP) is 9.48. The highest BCUT2D eigenvalue weighted by Crippen LogP contribution is 2.14. The molecule has 0 aliphatic rings. The van der Waals surface area contributed by atoms with Crippen LogP contribution in [0.3, 0.4) is 0 Å². The molecule has 0 saturated carbocycles. The van der Waals surface area contributed by atoms with E-state index in [2.05, 4.69) is 31.3 Å². The molecule has 42 heavy (non-hydrogen) atoms. The van der Waals surface area contributed by atoms with Crippen molar-refractivity contribution in [3.8, 4) is 0 Å². The molecule has 0 spiro atoms. The van der Waals surface area contributed by atoms with Gasteiger partial charge in [0.2, 0.25) is 5.91 Å². The second kappa shape index (κ2) is 32.7. The monoisotopic (exact) mass is 594 g/mol. The summed E-state index contributed by atoms with van der Waals surface area (Å²) in [6.45, 7) is 4.14. The van der Waals surface area contributed by atoms with E-state index in [1.165, 1.54) is 109 Å². The first-order valence-corrected chi connectivity index (χ1v) is 18.1. The van der Waals surface area contributed by atoms with E-state index in [0.717, 1.165) is 44.9 Å². The van der Waals surface area contributed by atoms with Gasteiger partial charge in [-0.1, -0.05) is 160 Å². The number of amides is 1. The van der Waals surface area contributed by atoms with Crippen LogP contribution >= 0.6 is 0 Å². The molecule has 248 valence electrons. The Bertz CT molecular complexity index is 621.